The molecule has 1 fully saturated rings. The zero-order valence-corrected chi connectivity index (χ0v) is 16.5. The summed E-state index contributed by atoms with van der Waals surface area (Å²) < 4.78 is 0. The number of para-hydroxylation sites is 1. The fourth-order valence-electron chi connectivity index (χ4n) is 3.49. The van der Waals surface area contributed by atoms with Gasteiger partial charge in [-0.25, -0.2) is 0 Å². The van der Waals surface area contributed by atoms with Gasteiger partial charge >= 0.3 is 0 Å². The maximum Gasteiger partial charge on any atom is 0.251 e. The molecule has 27 heavy (non-hydrogen) atoms. The summed E-state index contributed by atoms with van der Waals surface area (Å²) in [4.78, 5) is 17.0. The predicted molar refractivity (Wildman–Crippen MR) is 112 cm³/mol. The van der Waals surface area contributed by atoms with Gasteiger partial charge in [0.15, 0.2) is 0 Å². The van der Waals surface area contributed by atoms with Gasteiger partial charge in [0.05, 0.1) is 0 Å². The monoisotopic (exact) mass is 365 g/mol. The summed E-state index contributed by atoms with van der Waals surface area (Å²) in [5.74, 6) is 0.850. The number of carbonyl (C=O) groups excluding carboxylic acids is 1. The third-order valence-electron chi connectivity index (χ3n) is 5.43. The van der Waals surface area contributed by atoms with E-state index >= 15 is 0 Å². The maximum absolute atomic E-state index is 12.4. The number of carbonyl (C=O) groups is 1. The van der Waals surface area contributed by atoms with Gasteiger partial charge in [0.2, 0.25) is 0 Å². The first-order chi connectivity index (χ1) is 13.1. The Bertz CT molecular complexity index is 706. The van der Waals surface area contributed by atoms with Gasteiger partial charge in [-0.05, 0) is 61.7 Å². The molecular formula is C23H31N3O. The van der Waals surface area contributed by atoms with Crippen molar-refractivity contribution in [2.24, 2.45) is 5.92 Å². The van der Waals surface area contributed by atoms with Crippen LogP contribution in [0.5, 0.6) is 0 Å². The highest BCUT2D eigenvalue weighted by Gasteiger charge is 2.15. The highest BCUT2D eigenvalue weighted by atomic mass is 16.1. The molecule has 1 aliphatic heterocycles. The predicted octanol–water partition coefficient (Wildman–Crippen LogP) is 3.78. The van der Waals surface area contributed by atoms with Gasteiger partial charge in [-0.1, -0.05) is 37.3 Å². The second-order valence-corrected chi connectivity index (χ2v) is 7.67. The van der Waals surface area contributed by atoms with Crippen molar-refractivity contribution in [2.45, 2.75) is 26.3 Å². The minimum absolute atomic E-state index is 0.00481. The van der Waals surface area contributed by atoms with E-state index in [2.05, 4.69) is 46.3 Å². The van der Waals surface area contributed by atoms with Crippen molar-refractivity contribution in [1.82, 2.24) is 10.2 Å². The van der Waals surface area contributed by atoms with Crippen LogP contribution in [-0.2, 0) is 6.54 Å². The third kappa shape index (κ3) is 5.83. The van der Waals surface area contributed by atoms with Gasteiger partial charge in [-0.2, -0.15) is 0 Å². The van der Waals surface area contributed by atoms with Crippen LogP contribution in [0.4, 0.5) is 5.69 Å². The van der Waals surface area contributed by atoms with Crippen LogP contribution >= 0.6 is 0 Å². The van der Waals surface area contributed by atoms with Crippen molar-refractivity contribution < 1.29 is 4.79 Å². The Hall–Kier alpha value is -2.33. The molecule has 1 aliphatic rings. The van der Waals surface area contributed by atoms with Gasteiger partial charge in [0.25, 0.3) is 5.91 Å². The Morgan fingerprint density at radius 2 is 1.74 bits per heavy atom. The first kappa shape index (κ1) is 19.4. The number of hydrogen-bond acceptors (Lipinski definition) is 3. The van der Waals surface area contributed by atoms with Gasteiger partial charge in [-0.15, -0.1) is 0 Å². The molecule has 0 bridgehead atoms. The maximum atomic E-state index is 12.4. The van der Waals surface area contributed by atoms with Crippen molar-refractivity contribution in [2.75, 3.05) is 38.1 Å². The standard InChI is InChI=1S/C23H31N3O/c1-19-12-15-26(16-13-19)18-20-8-10-21(11-9-20)23(27)24-14-17-25(2)22-6-4-3-5-7-22/h3-11,19H,12-18H2,1-2H3,(H,24,27). The number of anilines is 1. The normalized spacial score (nSPS) is 15.5. The van der Waals surface area contributed by atoms with Crippen LogP contribution in [0.25, 0.3) is 0 Å². The quantitative estimate of drug-likeness (QED) is 0.811. The first-order valence-corrected chi connectivity index (χ1v) is 9.97. The number of hydrogen-bond donors (Lipinski definition) is 1. The van der Waals surface area contributed by atoms with Crippen molar-refractivity contribution in [3.63, 3.8) is 0 Å². The second kappa shape index (κ2) is 9.56. The summed E-state index contributed by atoms with van der Waals surface area (Å²) >= 11 is 0. The Morgan fingerprint density at radius 3 is 2.41 bits per heavy atom. The highest BCUT2D eigenvalue weighted by molar-refractivity contribution is 5.94. The molecule has 144 valence electrons. The smallest absolute Gasteiger partial charge is 0.251 e. The summed E-state index contributed by atoms with van der Waals surface area (Å²) in [5.41, 5.74) is 3.17. The fraction of sp³-hybridized carbons (Fsp3) is 0.435. The molecule has 0 radical (unpaired) electrons. The third-order valence-corrected chi connectivity index (χ3v) is 5.43. The van der Waals surface area contributed by atoms with Crippen molar-refractivity contribution >= 4 is 11.6 Å². The van der Waals surface area contributed by atoms with Crippen LogP contribution in [-0.4, -0.2) is 44.0 Å². The Kier molecular flexibility index (Phi) is 6.88. The van der Waals surface area contributed by atoms with Gasteiger partial charge in [0, 0.05) is 37.9 Å². The fourth-order valence-corrected chi connectivity index (χ4v) is 3.49. The lowest BCUT2D eigenvalue weighted by atomic mass is 9.99. The van der Waals surface area contributed by atoms with E-state index in [-0.39, 0.29) is 5.91 Å². The SMILES string of the molecule is CC1CCN(Cc2ccc(C(=O)NCCN(C)c3ccccc3)cc2)CC1. The number of likely N-dealkylation sites (tertiary alicyclic amines) is 1. The Balaban J connectivity index is 1.43. The topological polar surface area (TPSA) is 35.6 Å². The van der Waals surface area contributed by atoms with Crippen molar-refractivity contribution in [1.29, 1.82) is 0 Å². The molecule has 4 nitrogen and oxygen atoms in total. The number of benzene rings is 2. The van der Waals surface area contributed by atoms with Crippen molar-refractivity contribution in [3.8, 4) is 0 Å². The van der Waals surface area contributed by atoms with E-state index in [4.69, 9.17) is 0 Å². The van der Waals surface area contributed by atoms with E-state index < -0.39 is 0 Å². The van der Waals surface area contributed by atoms with Crippen LogP contribution in [0.15, 0.2) is 54.6 Å². The molecule has 0 unspecified atom stereocenters. The van der Waals surface area contributed by atoms with Gasteiger partial charge < -0.3 is 10.2 Å². The second-order valence-electron chi connectivity index (χ2n) is 7.67. The van der Waals surface area contributed by atoms with Crippen LogP contribution in [0, 0.1) is 5.92 Å². The number of nitrogens with zero attached hydrogens (tertiary/aromatic N) is 2. The molecule has 1 saturated heterocycles. The molecule has 1 N–H and O–H groups in total. The molecule has 4 heteroatoms. The lowest BCUT2D eigenvalue weighted by molar-refractivity contribution is 0.0954. The molecule has 1 amide bonds. The summed E-state index contributed by atoms with van der Waals surface area (Å²) in [6.07, 6.45) is 2.58. The molecule has 2 aromatic rings. The van der Waals surface area contributed by atoms with E-state index in [0.29, 0.717) is 6.54 Å². The molecule has 0 spiro atoms. The van der Waals surface area contributed by atoms with Crippen LogP contribution in [0.3, 0.4) is 0 Å². The van der Waals surface area contributed by atoms with Crippen molar-refractivity contribution in [3.05, 3.63) is 65.7 Å². The molecule has 0 saturated carbocycles. The molecule has 3 rings (SSSR count). The summed E-state index contributed by atoms with van der Waals surface area (Å²) in [7, 11) is 2.04. The average Bonchev–Trinajstić information content (AvgIpc) is 2.71. The first-order valence-electron chi connectivity index (χ1n) is 9.97. The summed E-state index contributed by atoms with van der Waals surface area (Å²) in [6.45, 7) is 7.08. The van der Waals surface area contributed by atoms with Crippen LogP contribution in [0.1, 0.15) is 35.7 Å². The van der Waals surface area contributed by atoms with E-state index in [0.717, 1.165) is 30.3 Å². The lowest BCUT2D eigenvalue weighted by Crippen LogP contribution is -2.33. The number of amides is 1. The Labute approximate surface area is 163 Å². The van der Waals surface area contributed by atoms with E-state index in [1.165, 1.54) is 31.5 Å². The van der Waals surface area contributed by atoms with Gasteiger partial charge in [0.1, 0.15) is 0 Å². The molecular weight excluding hydrogens is 334 g/mol. The molecule has 0 atom stereocenters. The molecule has 2 aromatic carbocycles. The number of likely N-dealkylation sites (N-methyl/N-ethyl adjacent to an activating group) is 1. The van der Waals surface area contributed by atoms with E-state index in [1.54, 1.807) is 0 Å². The number of rotatable bonds is 7. The highest BCUT2D eigenvalue weighted by Crippen LogP contribution is 2.18. The minimum atomic E-state index is -0.00481. The number of piperidine rings is 1. The molecule has 0 aliphatic carbocycles. The minimum Gasteiger partial charge on any atom is -0.373 e. The molecule has 0 aromatic heterocycles. The van der Waals surface area contributed by atoms with Crippen LogP contribution in [0.2, 0.25) is 0 Å². The van der Waals surface area contributed by atoms with Gasteiger partial charge in [-0.3, -0.25) is 9.69 Å². The van der Waals surface area contributed by atoms with E-state index in [9.17, 15) is 4.79 Å². The largest absolute Gasteiger partial charge is 0.373 e. The Morgan fingerprint density at radius 1 is 1.07 bits per heavy atom. The summed E-state index contributed by atoms with van der Waals surface area (Å²) in [6, 6.07) is 18.3. The average molecular weight is 366 g/mol. The zero-order chi connectivity index (χ0) is 19.1. The lowest BCUT2D eigenvalue weighted by Gasteiger charge is -2.30. The molecule has 1 heterocycles. The summed E-state index contributed by atoms with van der Waals surface area (Å²) in [5, 5.41) is 3.01. The van der Waals surface area contributed by atoms with E-state index in [1.807, 2.05) is 37.4 Å². The number of nitrogens with one attached hydrogen (secondary N) is 1. The zero-order valence-electron chi connectivity index (χ0n) is 16.5. The van der Waals surface area contributed by atoms with Crippen LogP contribution < -0.4 is 10.2 Å².